The van der Waals surface area contributed by atoms with Gasteiger partial charge in [-0.05, 0) is 48.7 Å². The molecule has 0 spiro atoms. The van der Waals surface area contributed by atoms with Crippen molar-refractivity contribution in [3.63, 3.8) is 0 Å². The van der Waals surface area contributed by atoms with Crippen LogP contribution in [0.25, 0.3) is 0 Å². The zero-order chi connectivity index (χ0) is 19.3. The predicted octanol–water partition coefficient (Wildman–Crippen LogP) is 3.49. The van der Waals surface area contributed by atoms with Gasteiger partial charge in [0.15, 0.2) is 0 Å². The Morgan fingerprint density at radius 3 is 2.70 bits per heavy atom. The number of sulfonamides is 1. The second-order valence-corrected chi connectivity index (χ2v) is 8.84. The number of amidine groups is 1. The van der Waals surface area contributed by atoms with Crippen molar-refractivity contribution in [2.45, 2.75) is 30.6 Å². The number of aliphatic imine (C=N–C) groups is 1. The van der Waals surface area contributed by atoms with Crippen molar-refractivity contribution < 1.29 is 13.2 Å². The van der Waals surface area contributed by atoms with Gasteiger partial charge in [0.2, 0.25) is 5.91 Å². The van der Waals surface area contributed by atoms with Crippen molar-refractivity contribution in [3.05, 3.63) is 58.6 Å². The Hall–Kier alpha value is -2.19. The molecule has 0 atom stereocenters. The Morgan fingerprint density at radius 2 is 1.96 bits per heavy atom. The van der Waals surface area contributed by atoms with E-state index in [1.54, 1.807) is 12.1 Å². The summed E-state index contributed by atoms with van der Waals surface area (Å²) in [5.74, 6) is 0.316. The number of aryl methyl sites for hydroxylation is 1. The molecule has 0 fully saturated rings. The van der Waals surface area contributed by atoms with Gasteiger partial charge in [-0.3, -0.25) is 14.5 Å². The van der Waals surface area contributed by atoms with E-state index in [4.69, 9.17) is 0 Å². The van der Waals surface area contributed by atoms with E-state index in [0.717, 1.165) is 16.5 Å². The minimum Gasteiger partial charge on any atom is -0.326 e. The first-order valence-electron chi connectivity index (χ1n) is 8.63. The third kappa shape index (κ3) is 5.64. The lowest BCUT2D eigenvalue weighted by molar-refractivity contribution is -0.116. The van der Waals surface area contributed by atoms with Crippen LogP contribution in [-0.2, 0) is 21.2 Å². The Kier molecular flexibility index (Phi) is 6.28. The summed E-state index contributed by atoms with van der Waals surface area (Å²) >= 11 is 3.41. The van der Waals surface area contributed by atoms with Crippen LogP contribution in [0, 0.1) is 0 Å². The van der Waals surface area contributed by atoms with Crippen LogP contribution in [0.1, 0.15) is 24.8 Å². The van der Waals surface area contributed by atoms with Crippen molar-refractivity contribution in [2.24, 2.45) is 4.99 Å². The van der Waals surface area contributed by atoms with E-state index in [1.807, 2.05) is 24.3 Å². The summed E-state index contributed by atoms with van der Waals surface area (Å²) in [6.07, 6.45) is 2.39. The van der Waals surface area contributed by atoms with Crippen LogP contribution in [0.2, 0.25) is 0 Å². The van der Waals surface area contributed by atoms with Gasteiger partial charge in [0.05, 0.1) is 4.90 Å². The highest BCUT2D eigenvalue weighted by Crippen LogP contribution is 2.17. The molecule has 27 heavy (non-hydrogen) atoms. The van der Waals surface area contributed by atoms with E-state index in [2.05, 4.69) is 31.0 Å². The highest BCUT2D eigenvalue weighted by Gasteiger charge is 2.18. The molecule has 2 N–H and O–H groups in total. The number of carbonyl (C=O) groups excluding carboxylic acids is 1. The molecule has 142 valence electrons. The highest BCUT2D eigenvalue weighted by atomic mass is 79.9. The van der Waals surface area contributed by atoms with Gasteiger partial charge in [0.25, 0.3) is 10.0 Å². The number of hydrogen-bond acceptors (Lipinski definition) is 4. The lowest BCUT2D eigenvalue weighted by Gasteiger charge is -2.10. The SMILES string of the molecule is O=C(CCc1cccc(Br)c1)Nc1cccc(S(=O)(=O)NC2=NCCC2)c1. The molecule has 0 saturated carbocycles. The average molecular weight is 450 g/mol. The van der Waals surface area contributed by atoms with E-state index in [-0.39, 0.29) is 10.8 Å². The predicted molar refractivity (Wildman–Crippen MR) is 109 cm³/mol. The summed E-state index contributed by atoms with van der Waals surface area (Å²) in [6, 6.07) is 14.0. The number of anilines is 1. The van der Waals surface area contributed by atoms with Crippen LogP contribution in [0.5, 0.6) is 0 Å². The summed E-state index contributed by atoms with van der Waals surface area (Å²) in [5.41, 5.74) is 1.50. The van der Waals surface area contributed by atoms with Crippen LogP contribution in [0.3, 0.4) is 0 Å². The topological polar surface area (TPSA) is 87.6 Å². The molecule has 0 radical (unpaired) electrons. The molecule has 1 heterocycles. The van der Waals surface area contributed by atoms with Gasteiger partial charge in [0, 0.05) is 29.5 Å². The molecule has 0 unspecified atom stereocenters. The second-order valence-electron chi connectivity index (χ2n) is 6.24. The number of benzene rings is 2. The fourth-order valence-corrected chi connectivity index (χ4v) is 4.33. The maximum absolute atomic E-state index is 12.5. The fraction of sp³-hybridized carbons (Fsp3) is 0.263. The number of nitrogens with zero attached hydrogens (tertiary/aromatic N) is 1. The van der Waals surface area contributed by atoms with E-state index >= 15 is 0 Å². The van der Waals surface area contributed by atoms with Gasteiger partial charge in [-0.1, -0.05) is 34.1 Å². The monoisotopic (exact) mass is 449 g/mol. The minimum absolute atomic E-state index is 0.0990. The first-order chi connectivity index (χ1) is 12.9. The number of halogens is 1. The van der Waals surface area contributed by atoms with Crippen LogP contribution in [0.15, 0.2) is 62.9 Å². The van der Waals surface area contributed by atoms with Crippen molar-refractivity contribution in [1.82, 2.24) is 4.72 Å². The number of carbonyl (C=O) groups is 1. The smallest absolute Gasteiger partial charge is 0.262 e. The maximum Gasteiger partial charge on any atom is 0.262 e. The van der Waals surface area contributed by atoms with Crippen molar-refractivity contribution >= 4 is 43.4 Å². The Bertz CT molecular complexity index is 974. The number of hydrogen-bond donors (Lipinski definition) is 2. The van der Waals surface area contributed by atoms with Gasteiger partial charge in [-0.25, -0.2) is 8.42 Å². The molecule has 8 heteroatoms. The zero-order valence-corrected chi connectivity index (χ0v) is 17.0. The van der Waals surface area contributed by atoms with Crippen LogP contribution >= 0.6 is 15.9 Å². The normalized spacial score (nSPS) is 13.9. The molecule has 1 aliphatic heterocycles. The van der Waals surface area contributed by atoms with Crippen LogP contribution in [-0.4, -0.2) is 26.7 Å². The van der Waals surface area contributed by atoms with E-state index in [0.29, 0.717) is 37.3 Å². The van der Waals surface area contributed by atoms with E-state index in [1.165, 1.54) is 12.1 Å². The third-order valence-electron chi connectivity index (χ3n) is 4.08. The van der Waals surface area contributed by atoms with Crippen LogP contribution in [0.4, 0.5) is 5.69 Å². The molecule has 1 aliphatic rings. The minimum atomic E-state index is -3.70. The summed E-state index contributed by atoms with van der Waals surface area (Å²) in [7, 11) is -3.70. The lowest BCUT2D eigenvalue weighted by atomic mass is 10.1. The maximum atomic E-state index is 12.5. The van der Waals surface area contributed by atoms with Gasteiger partial charge in [-0.15, -0.1) is 0 Å². The first kappa shape index (κ1) is 19.6. The molecular weight excluding hydrogens is 430 g/mol. The second kappa shape index (κ2) is 8.67. The van der Waals surface area contributed by atoms with Gasteiger partial charge in [-0.2, -0.15) is 0 Å². The Morgan fingerprint density at radius 1 is 1.15 bits per heavy atom. The van der Waals surface area contributed by atoms with Crippen molar-refractivity contribution in [3.8, 4) is 0 Å². The molecule has 2 aromatic carbocycles. The molecule has 3 rings (SSSR count). The molecule has 0 aliphatic carbocycles. The largest absolute Gasteiger partial charge is 0.326 e. The standard InChI is InChI=1S/C19H20BrN3O3S/c20-15-5-1-4-14(12-15)9-10-19(24)22-16-6-2-7-17(13-16)27(25,26)23-18-8-3-11-21-18/h1-2,4-7,12-13H,3,8-11H2,(H,21,23)(H,22,24). The average Bonchev–Trinajstić information content (AvgIpc) is 3.13. The van der Waals surface area contributed by atoms with Gasteiger partial charge < -0.3 is 5.32 Å². The third-order valence-corrected chi connectivity index (χ3v) is 5.96. The fourth-order valence-electron chi connectivity index (χ4n) is 2.75. The molecule has 0 bridgehead atoms. The van der Waals surface area contributed by atoms with E-state index in [9.17, 15) is 13.2 Å². The lowest BCUT2D eigenvalue weighted by Crippen LogP contribution is -2.29. The molecule has 1 amide bonds. The number of rotatable bonds is 6. The Balaban J connectivity index is 1.62. The summed E-state index contributed by atoms with van der Waals surface area (Å²) in [4.78, 5) is 16.4. The summed E-state index contributed by atoms with van der Waals surface area (Å²) in [5, 5.41) is 2.76. The van der Waals surface area contributed by atoms with Gasteiger partial charge >= 0.3 is 0 Å². The molecule has 2 aromatic rings. The van der Waals surface area contributed by atoms with E-state index < -0.39 is 10.0 Å². The summed E-state index contributed by atoms with van der Waals surface area (Å²) < 4.78 is 28.4. The van der Waals surface area contributed by atoms with Crippen molar-refractivity contribution in [2.75, 3.05) is 11.9 Å². The highest BCUT2D eigenvalue weighted by molar-refractivity contribution is 9.10. The molecule has 0 saturated heterocycles. The van der Waals surface area contributed by atoms with Gasteiger partial charge in [0.1, 0.15) is 5.84 Å². The summed E-state index contributed by atoms with van der Waals surface area (Å²) in [6.45, 7) is 0.645. The zero-order valence-electron chi connectivity index (χ0n) is 14.6. The Labute approximate surface area is 167 Å². The molecule has 0 aromatic heterocycles. The van der Waals surface area contributed by atoms with Crippen LogP contribution < -0.4 is 10.0 Å². The molecular formula is C19H20BrN3O3S. The first-order valence-corrected chi connectivity index (χ1v) is 10.9. The quantitative estimate of drug-likeness (QED) is 0.707. The number of amides is 1. The van der Waals surface area contributed by atoms with Crippen molar-refractivity contribution in [1.29, 1.82) is 0 Å². The molecule has 6 nitrogen and oxygen atoms in total. The number of nitrogens with one attached hydrogen (secondary N) is 2.